The van der Waals surface area contributed by atoms with Crippen molar-refractivity contribution in [2.75, 3.05) is 6.54 Å². The lowest BCUT2D eigenvalue weighted by Crippen LogP contribution is -2.33. The van der Waals surface area contributed by atoms with Crippen molar-refractivity contribution < 1.29 is 4.79 Å². The molecule has 0 spiro atoms. The van der Waals surface area contributed by atoms with Gasteiger partial charge in [-0.25, -0.2) is 4.98 Å². The van der Waals surface area contributed by atoms with Gasteiger partial charge in [0, 0.05) is 25.4 Å². The number of imidazole rings is 1. The molecule has 0 saturated heterocycles. The zero-order valence-corrected chi connectivity index (χ0v) is 15.6. The van der Waals surface area contributed by atoms with Gasteiger partial charge in [0.05, 0.1) is 11.0 Å². The fourth-order valence-corrected chi connectivity index (χ4v) is 3.76. The number of hydrogen-bond acceptors (Lipinski definition) is 2. The van der Waals surface area contributed by atoms with Crippen molar-refractivity contribution >= 4 is 16.9 Å². The zero-order chi connectivity index (χ0) is 17.6. The molecule has 1 amide bonds. The second kappa shape index (κ2) is 8.50. The number of amides is 1. The first kappa shape index (κ1) is 18.0. The molecular formula is C21H31N3O. The van der Waals surface area contributed by atoms with Gasteiger partial charge in [-0.2, -0.15) is 0 Å². The number of benzene rings is 1. The van der Waals surface area contributed by atoms with Gasteiger partial charge in [-0.05, 0) is 37.3 Å². The van der Waals surface area contributed by atoms with E-state index in [4.69, 9.17) is 4.98 Å². The quantitative estimate of drug-likeness (QED) is 0.815. The van der Waals surface area contributed by atoms with Gasteiger partial charge >= 0.3 is 0 Å². The monoisotopic (exact) mass is 341 g/mol. The van der Waals surface area contributed by atoms with E-state index in [2.05, 4.69) is 41.9 Å². The van der Waals surface area contributed by atoms with Gasteiger partial charge in [0.2, 0.25) is 5.91 Å². The summed E-state index contributed by atoms with van der Waals surface area (Å²) in [4.78, 5) is 17.1. The molecule has 0 radical (unpaired) electrons. The molecule has 0 bridgehead atoms. The van der Waals surface area contributed by atoms with Crippen LogP contribution in [-0.2, 0) is 17.8 Å². The van der Waals surface area contributed by atoms with Crippen LogP contribution in [0.4, 0.5) is 0 Å². The van der Waals surface area contributed by atoms with Crippen LogP contribution in [0.1, 0.15) is 58.2 Å². The first-order chi connectivity index (χ1) is 12.1. The second-order valence-corrected chi connectivity index (χ2v) is 7.73. The Morgan fingerprint density at radius 3 is 2.76 bits per heavy atom. The van der Waals surface area contributed by atoms with E-state index < -0.39 is 0 Å². The second-order valence-electron chi connectivity index (χ2n) is 7.73. The number of fused-ring (bicyclic) bond motifs is 1. The standard InChI is InChI=1S/C21H31N3O/c1-16(2)13-15-24-19-11-7-6-10-18(19)23-20(24)12-14-22-21(25)17-8-4-3-5-9-17/h6-7,10-11,16-17H,3-5,8-9,12-15H2,1-2H3,(H,22,25). The minimum Gasteiger partial charge on any atom is -0.355 e. The molecule has 3 rings (SSSR count). The fourth-order valence-electron chi connectivity index (χ4n) is 3.76. The van der Waals surface area contributed by atoms with Gasteiger partial charge in [-0.3, -0.25) is 4.79 Å². The first-order valence-electron chi connectivity index (χ1n) is 9.87. The van der Waals surface area contributed by atoms with Crippen LogP contribution in [0, 0.1) is 11.8 Å². The van der Waals surface area contributed by atoms with Gasteiger partial charge in [0.25, 0.3) is 0 Å². The van der Waals surface area contributed by atoms with E-state index in [1.54, 1.807) is 0 Å². The summed E-state index contributed by atoms with van der Waals surface area (Å²) >= 11 is 0. The summed E-state index contributed by atoms with van der Waals surface area (Å²) in [6.07, 6.45) is 7.72. The number of hydrogen-bond donors (Lipinski definition) is 1. The van der Waals surface area contributed by atoms with Crippen LogP contribution in [0.25, 0.3) is 11.0 Å². The Morgan fingerprint density at radius 1 is 1.24 bits per heavy atom. The Hall–Kier alpha value is -1.84. The van der Waals surface area contributed by atoms with E-state index in [0.717, 1.165) is 43.6 Å². The number of carbonyl (C=O) groups excluding carboxylic acids is 1. The lowest BCUT2D eigenvalue weighted by atomic mass is 9.89. The van der Waals surface area contributed by atoms with Crippen molar-refractivity contribution in [2.24, 2.45) is 11.8 Å². The highest BCUT2D eigenvalue weighted by Gasteiger charge is 2.20. The molecule has 1 saturated carbocycles. The minimum absolute atomic E-state index is 0.230. The Labute approximate surface area is 151 Å². The summed E-state index contributed by atoms with van der Waals surface area (Å²) in [6, 6.07) is 8.33. The molecule has 0 atom stereocenters. The molecule has 0 unspecified atom stereocenters. The zero-order valence-electron chi connectivity index (χ0n) is 15.6. The lowest BCUT2D eigenvalue weighted by molar-refractivity contribution is -0.125. The topological polar surface area (TPSA) is 46.9 Å². The molecule has 0 aliphatic heterocycles. The molecule has 1 aliphatic carbocycles. The highest BCUT2D eigenvalue weighted by atomic mass is 16.1. The van der Waals surface area contributed by atoms with Crippen LogP contribution in [0.2, 0.25) is 0 Å². The molecule has 4 heteroatoms. The highest BCUT2D eigenvalue weighted by Crippen LogP contribution is 2.23. The Bertz CT molecular complexity index is 698. The summed E-state index contributed by atoms with van der Waals surface area (Å²) < 4.78 is 2.34. The Kier molecular flexibility index (Phi) is 6.11. The maximum Gasteiger partial charge on any atom is 0.223 e. The molecule has 1 fully saturated rings. The SMILES string of the molecule is CC(C)CCn1c(CCNC(=O)C2CCCCC2)nc2ccccc21. The van der Waals surface area contributed by atoms with Gasteiger partial charge in [0.1, 0.15) is 5.82 Å². The molecule has 1 aliphatic rings. The predicted octanol–water partition coefficient (Wildman–Crippen LogP) is 4.32. The van der Waals surface area contributed by atoms with Gasteiger partial charge in [-0.15, -0.1) is 0 Å². The molecular weight excluding hydrogens is 310 g/mol. The average Bonchev–Trinajstić information content (AvgIpc) is 2.98. The smallest absolute Gasteiger partial charge is 0.223 e. The summed E-state index contributed by atoms with van der Waals surface area (Å²) in [7, 11) is 0. The van der Waals surface area contributed by atoms with Crippen LogP contribution in [0.5, 0.6) is 0 Å². The molecule has 1 aromatic heterocycles. The maximum atomic E-state index is 12.3. The van der Waals surface area contributed by atoms with Crippen LogP contribution in [0.15, 0.2) is 24.3 Å². The number of nitrogens with one attached hydrogen (secondary N) is 1. The van der Waals surface area contributed by atoms with Crippen LogP contribution >= 0.6 is 0 Å². The van der Waals surface area contributed by atoms with E-state index in [9.17, 15) is 4.79 Å². The van der Waals surface area contributed by atoms with E-state index >= 15 is 0 Å². The van der Waals surface area contributed by atoms with Crippen LogP contribution in [0.3, 0.4) is 0 Å². The molecule has 1 heterocycles. The predicted molar refractivity (Wildman–Crippen MR) is 102 cm³/mol. The van der Waals surface area contributed by atoms with Gasteiger partial charge < -0.3 is 9.88 Å². The minimum atomic E-state index is 0.230. The van der Waals surface area contributed by atoms with E-state index in [-0.39, 0.29) is 11.8 Å². The van der Waals surface area contributed by atoms with E-state index in [0.29, 0.717) is 12.5 Å². The van der Waals surface area contributed by atoms with Crippen molar-refractivity contribution in [3.63, 3.8) is 0 Å². The van der Waals surface area contributed by atoms with E-state index in [1.807, 2.05) is 6.07 Å². The number of nitrogens with zero attached hydrogens (tertiary/aromatic N) is 2. The van der Waals surface area contributed by atoms with Crippen molar-refractivity contribution in [2.45, 2.75) is 65.3 Å². The average molecular weight is 341 g/mol. The molecule has 25 heavy (non-hydrogen) atoms. The highest BCUT2D eigenvalue weighted by molar-refractivity contribution is 5.78. The summed E-state index contributed by atoms with van der Waals surface area (Å²) in [5.74, 6) is 2.23. The number of aryl methyl sites for hydroxylation is 1. The number of aromatic nitrogens is 2. The number of carbonyl (C=O) groups is 1. The molecule has 2 aromatic rings. The van der Waals surface area contributed by atoms with Gasteiger partial charge in [-0.1, -0.05) is 45.2 Å². The fraction of sp³-hybridized carbons (Fsp3) is 0.619. The lowest BCUT2D eigenvalue weighted by Gasteiger charge is -2.20. The Morgan fingerprint density at radius 2 is 2.00 bits per heavy atom. The van der Waals surface area contributed by atoms with Crippen LogP contribution < -0.4 is 5.32 Å². The third-order valence-corrected chi connectivity index (χ3v) is 5.29. The van der Waals surface area contributed by atoms with Crippen molar-refractivity contribution in [3.8, 4) is 0 Å². The third-order valence-electron chi connectivity index (χ3n) is 5.29. The third kappa shape index (κ3) is 4.62. The summed E-state index contributed by atoms with van der Waals surface area (Å²) in [6.45, 7) is 6.18. The first-order valence-corrected chi connectivity index (χ1v) is 9.87. The van der Waals surface area contributed by atoms with Crippen molar-refractivity contribution in [3.05, 3.63) is 30.1 Å². The molecule has 1 aromatic carbocycles. The van der Waals surface area contributed by atoms with Crippen molar-refractivity contribution in [1.29, 1.82) is 0 Å². The largest absolute Gasteiger partial charge is 0.355 e. The number of para-hydroxylation sites is 2. The van der Waals surface area contributed by atoms with Gasteiger partial charge in [0.15, 0.2) is 0 Å². The summed E-state index contributed by atoms with van der Waals surface area (Å²) in [5, 5.41) is 3.15. The van der Waals surface area contributed by atoms with Crippen molar-refractivity contribution in [1.82, 2.24) is 14.9 Å². The van der Waals surface area contributed by atoms with E-state index in [1.165, 1.54) is 24.8 Å². The maximum absolute atomic E-state index is 12.3. The normalized spacial score (nSPS) is 15.8. The Balaban J connectivity index is 1.63. The summed E-state index contributed by atoms with van der Waals surface area (Å²) in [5.41, 5.74) is 2.26. The number of rotatable bonds is 7. The molecule has 1 N–H and O–H groups in total. The molecule has 4 nitrogen and oxygen atoms in total. The molecule has 136 valence electrons. The van der Waals surface area contributed by atoms with Crippen LogP contribution in [-0.4, -0.2) is 22.0 Å².